The zero-order chi connectivity index (χ0) is 18.4. The second-order valence-corrected chi connectivity index (χ2v) is 7.80. The molecule has 2 aromatic carbocycles. The number of hydrogen-bond donors (Lipinski definition) is 2. The number of rotatable bonds is 3. The summed E-state index contributed by atoms with van der Waals surface area (Å²) in [5.41, 5.74) is 2.67. The molecule has 2 fully saturated rings. The lowest BCUT2D eigenvalue weighted by molar-refractivity contribution is 0.0378. The highest BCUT2D eigenvalue weighted by Crippen LogP contribution is 2.39. The van der Waals surface area contributed by atoms with Crippen molar-refractivity contribution in [1.82, 2.24) is 15.1 Å². The lowest BCUT2D eigenvalue weighted by atomic mass is 9.86. The van der Waals surface area contributed by atoms with Crippen LogP contribution in [0.1, 0.15) is 52.8 Å². The van der Waals surface area contributed by atoms with Gasteiger partial charge in [0.2, 0.25) is 0 Å². The summed E-state index contributed by atoms with van der Waals surface area (Å²) < 4.78 is 0. The molecule has 2 aliphatic rings. The number of nitrogens with one attached hydrogen (secondary N) is 1. The van der Waals surface area contributed by atoms with Crippen molar-refractivity contribution in [2.75, 3.05) is 13.1 Å². The first-order chi connectivity index (χ1) is 13.2. The van der Waals surface area contributed by atoms with Crippen molar-refractivity contribution < 1.29 is 9.90 Å². The normalized spacial score (nSPS) is 22.9. The van der Waals surface area contributed by atoms with E-state index in [2.05, 4.69) is 40.5 Å². The standard InChI is InChI=1S/C22H23N3O2/c26-21-13-25(22(27)20-12-19(23-24-20)15-6-7-15)10-9-18(21)17-8-5-14-3-1-2-4-16(14)11-17/h1-5,8,11-12,15,18,21,26H,6-7,9-10,13H2,(H,23,24)/t18-,21+/m0/s1. The molecule has 5 heteroatoms. The van der Waals surface area contributed by atoms with Crippen molar-refractivity contribution >= 4 is 16.7 Å². The third-order valence-electron chi connectivity index (χ3n) is 5.90. The van der Waals surface area contributed by atoms with Gasteiger partial charge in [-0.05, 0) is 41.7 Å². The Labute approximate surface area is 158 Å². The van der Waals surface area contributed by atoms with Crippen molar-refractivity contribution in [3.63, 3.8) is 0 Å². The molecule has 138 valence electrons. The molecule has 0 spiro atoms. The van der Waals surface area contributed by atoms with Gasteiger partial charge in [-0.25, -0.2) is 0 Å². The summed E-state index contributed by atoms with van der Waals surface area (Å²) in [6.07, 6.45) is 2.54. The van der Waals surface area contributed by atoms with Crippen LogP contribution >= 0.6 is 0 Å². The van der Waals surface area contributed by atoms with Gasteiger partial charge in [0.15, 0.2) is 0 Å². The molecule has 3 aromatic rings. The average Bonchev–Trinajstić information content (AvgIpc) is 3.44. The fourth-order valence-corrected chi connectivity index (χ4v) is 4.15. The number of hydrogen-bond acceptors (Lipinski definition) is 3. The molecule has 1 aliphatic carbocycles. The summed E-state index contributed by atoms with van der Waals surface area (Å²) in [5.74, 6) is 0.511. The van der Waals surface area contributed by atoms with Gasteiger partial charge in [-0.1, -0.05) is 42.5 Å². The Morgan fingerprint density at radius 3 is 2.67 bits per heavy atom. The quantitative estimate of drug-likeness (QED) is 0.751. The molecule has 1 aliphatic heterocycles. The number of benzene rings is 2. The maximum Gasteiger partial charge on any atom is 0.274 e. The molecule has 5 nitrogen and oxygen atoms in total. The first-order valence-corrected chi connectivity index (χ1v) is 9.70. The summed E-state index contributed by atoms with van der Waals surface area (Å²) >= 11 is 0. The summed E-state index contributed by atoms with van der Waals surface area (Å²) in [4.78, 5) is 14.5. The van der Waals surface area contributed by atoms with E-state index in [1.807, 2.05) is 18.2 Å². The number of H-pyrrole nitrogens is 1. The molecule has 1 aromatic heterocycles. The Kier molecular flexibility index (Phi) is 3.97. The number of carbonyl (C=O) groups is 1. The van der Waals surface area contributed by atoms with E-state index in [1.54, 1.807) is 4.90 Å². The second-order valence-electron chi connectivity index (χ2n) is 7.80. The lowest BCUT2D eigenvalue weighted by Gasteiger charge is -2.36. The number of nitrogens with zero attached hydrogens (tertiary/aromatic N) is 2. The second kappa shape index (κ2) is 6.50. The Bertz CT molecular complexity index is 992. The van der Waals surface area contributed by atoms with Gasteiger partial charge in [0.1, 0.15) is 5.69 Å². The van der Waals surface area contributed by atoms with Gasteiger partial charge >= 0.3 is 0 Å². The van der Waals surface area contributed by atoms with Gasteiger partial charge in [-0.2, -0.15) is 5.10 Å². The fourth-order valence-electron chi connectivity index (χ4n) is 4.15. The molecule has 2 N–H and O–H groups in total. The number of aliphatic hydroxyl groups excluding tert-OH is 1. The Morgan fingerprint density at radius 1 is 1.07 bits per heavy atom. The molecule has 0 radical (unpaired) electrons. The largest absolute Gasteiger partial charge is 0.391 e. The molecule has 0 bridgehead atoms. The Balaban J connectivity index is 1.31. The predicted molar refractivity (Wildman–Crippen MR) is 104 cm³/mol. The van der Waals surface area contributed by atoms with Gasteiger partial charge in [0.05, 0.1) is 6.10 Å². The van der Waals surface area contributed by atoms with E-state index in [4.69, 9.17) is 0 Å². The number of likely N-dealkylation sites (tertiary alicyclic amines) is 1. The molecular formula is C22H23N3O2. The predicted octanol–water partition coefficient (Wildman–Crippen LogP) is 3.43. The number of amides is 1. The molecule has 2 atom stereocenters. The first kappa shape index (κ1) is 16.5. The maximum atomic E-state index is 12.8. The van der Waals surface area contributed by atoms with Crippen LogP contribution in [0.25, 0.3) is 10.8 Å². The minimum atomic E-state index is -0.564. The minimum Gasteiger partial charge on any atom is -0.391 e. The lowest BCUT2D eigenvalue weighted by Crippen LogP contribution is -2.45. The highest BCUT2D eigenvalue weighted by atomic mass is 16.3. The molecule has 1 saturated heterocycles. The van der Waals surface area contributed by atoms with Gasteiger partial charge in [0.25, 0.3) is 5.91 Å². The summed E-state index contributed by atoms with van der Waals surface area (Å²) in [7, 11) is 0. The van der Waals surface area contributed by atoms with Crippen LogP contribution < -0.4 is 0 Å². The molecule has 1 amide bonds. The zero-order valence-corrected chi connectivity index (χ0v) is 15.1. The van der Waals surface area contributed by atoms with Gasteiger partial charge in [-0.3, -0.25) is 9.89 Å². The van der Waals surface area contributed by atoms with E-state index in [0.29, 0.717) is 24.7 Å². The average molecular weight is 361 g/mol. The summed E-state index contributed by atoms with van der Waals surface area (Å²) in [6.45, 7) is 0.987. The molecule has 2 heterocycles. The number of aromatic nitrogens is 2. The molecule has 0 unspecified atom stereocenters. The van der Waals surface area contributed by atoms with Crippen molar-refractivity contribution in [1.29, 1.82) is 0 Å². The summed E-state index contributed by atoms with van der Waals surface area (Å²) in [6, 6.07) is 16.5. The SMILES string of the molecule is O=C(c1cc(C2CC2)[nH]n1)N1CC[C@@H](c2ccc3ccccc3c2)[C@H](O)C1. The van der Waals surface area contributed by atoms with E-state index < -0.39 is 6.10 Å². The van der Waals surface area contributed by atoms with Crippen LogP contribution in [-0.2, 0) is 0 Å². The van der Waals surface area contributed by atoms with Crippen LogP contribution in [0.4, 0.5) is 0 Å². The minimum absolute atomic E-state index is 0.0554. The number of piperidine rings is 1. The van der Waals surface area contributed by atoms with Crippen molar-refractivity contribution in [2.24, 2.45) is 0 Å². The maximum absolute atomic E-state index is 12.8. The van der Waals surface area contributed by atoms with Gasteiger partial charge in [-0.15, -0.1) is 0 Å². The van der Waals surface area contributed by atoms with E-state index in [-0.39, 0.29) is 11.8 Å². The highest BCUT2D eigenvalue weighted by molar-refractivity contribution is 5.92. The first-order valence-electron chi connectivity index (χ1n) is 9.70. The van der Waals surface area contributed by atoms with Crippen LogP contribution in [0.15, 0.2) is 48.5 Å². The van der Waals surface area contributed by atoms with E-state index >= 15 is 0 Å². The monoisotopic (exact) mass is 361 g/mol. The van der Waals surface area contributed by atoms with Gasteiger partial charge < -0.3 is 10.0 Å². The van der Waals surface area contributed by atoms with Crippen LogP contribution in [0, 0.1) is 0 Å². The summed E-state index contributed by atoms with van der Waals surface area (Å²) in [5, 5.41) is 20.3. The fraction of sp³-hybridized carbons (Fsp3) is 0.364. The van der Waals surface area contributed by atoms with E-state index in [9.17, 15) is 9.90 Å². The van der Waals surface area contributed by atoms with Crippen LogP contribution in [0.5, 0.6) is 0 Å². The van der Waals surface area contributed by atoms with Crippen LogP contribution in [0.2, 0.25) is 0 Å². The number of aromatic amines is 1. The number of aliphatic hydroxyl groups is 1. The molecular weight excluding hydrogens is 338 g/mol. The molecule has 5 rings (SSSR count). The van der Waals surface area contributed by atoms with Crippen molar-refractivity contribution in [3.8, 4) is 0 Å². The van der Waals surface area contributed by atoms with Gasteiger partial charge in [0, 0.05) is 30.6 Å². The third kappa shape index (κ3) is 3.12. The molecule has 1 saturated carbocycles. The molecule has 27 heavy (non-hydrogen) atoms. The highest BCUT2D eigenvalue weighted by Gasteiger charge is 2.33. The van der Waals surface area contributed by atoms with Crippen LogP contribution in [-0.4, -0.2) is 45.3 Å². The Morgan fingerprint density at radius 2 is 1.89 bits per heavy atom. The van der Waals surface area contributed by atoms with Crippen LogP contribution in [0.3, 0.4) is 0 Å². The Hall–Kier alpha value is -2.66. The number of β-amino-alcohol motifs (C(OH)–C–C–N with tert-alkyl or cyclic N) is 1. The number of carbonyl (C=O) groups excluding carboxylic acids is 1. The third-order valence-corrected chi connectivity index (χ3v) is 5.90. The van der Waals surface area contributed by atoms with E-state index in [0.717, 1.165) is 17.7 Å². The smallest absolute Gasteiger partial charge is 0.274 e. The van der Waals surface area contributed by atoms with Crippen molar-refractivity contribution in [3.05, 3.63) is 65.5 Å². The van der Waals surface area contributed by atoms with Crippen molar-refractivity contribution in [2.45, 2.75) is 37.2 Å². The zero-order valence-electron chi connectivity index (χ0n) is 15.1. The topological polar surface area (TPSA) is 69.2 Å². The van der Waals surface area contributed by atoms with E-state index in [1.165, 1.54) is 23.6 Å². The number of fused-ring (bicyclic) bond motifs is 1.